The molecule has 0 aliphatic heterocycles. The van der Waals surface area contributed by atoms with Crippen LogP contribution in [0.3, 0.4) is 0 Å². The molecule has 0 saturated heterocycles. The van der Waals surface area contributed by atoms with Crippen molar-refractivity contribution in [3.05, 3.63) is 193 Å². The highest BCUT2D eigenvalue weighted by atomic mass is 16.3. The molecule has 0 atom stereocenters. The molecule has 0 saturated carbocycles. The lowest BCUT2D eigenvalue weighted by Gasteiger charge is -2.22. The van der Waals surface area contributed by atoms with Crippen LogP contribution in [0.1, 0.15) is 25.0 Å². The van der Waals surface area contributed by atoms with E-state index in [9.17, 15) is 0 Å². The first kappa shape index (κ1) is 32.8. The summed E-state index contributed by atoms with van der Waals surface area (Å²) < 4.78 is 6.12. The van der Waals surface area contributed by atoms with Gasteiger partial charge in [-0.25, -0.2) is 4.98 Å². The standard InChI is InChI=1S/C55H36N2O/c1-55(2)48-30-37(22-25-42(48)43-26-23-38(31-49(43)55)36-24-27-52-47(29-36)44-14-7-8-17-51(44)58-52)34-20-18-33(19-21-34)35-10-9-11-39(28-35)50-32-56-53-45-15-5-3-12-40(45)41-13-4-6-16-46(41)54(53)57-50/h3-32H,1-2H3. The number of nitrogens with zero attached hydrogens (tertiary/aromatic N) is 2. The number of para-hydroxylation sites is 1. The summed E-state index contributed by atoms with van der Waals surface area (Å²) in [7, 11) is 0. The van der Waals surface area contributed by atoms with E-state index in [1.54, 1.807) is 0 Å². The van der Waals surface area contributed by atoms with E-state index in [-0.39, 0.29) is 5.41 Å². The van der Waals surface area contributed by atoms with Crippen LogP contribution in [0.2, 0.25) is 0 Å². The lowest BCUT2D eigenvalue weighted by Crippen LogP contribution is -2.15. The van der Waals surface area contributed by atoms with Crippen LogP contribution in [0.5, 0.6) is 0 Å². The highest BCUT2D eigenvalue weighted by Crippen LogP contribution is 2.51. The maximum absolute atomic E-state index is 6.12. The molecule has 12 rings (SSSR count). The molecule has 2 aromatic heterocycles. The van der Waals surface area contributed by atoms with Crippen molar-refractivity contribution in [2.75, 3.05) is 0 Å². The van der Waals surface area contributed by atoms with E-state index >= 15 is 0 Å². The zero-order valence-corrected chi connectivity index (χ0v) is 32.1. The number of rotatable bonds is 4. The van der Waals surface area contributed by atoms with Crippen LogP contribution in [0, 0.1) is 0 Å². The van der Waals surface area contributed by atoms with Crippen molar-refractivity contribution in [3.63, 3.8) is 0 Å². The predicted molar refractivity (Wildman–Crippen MR) is 241 cm³/mol. The molecule has 2 heterocycles. The Kier molecular flexibility index (Phi) is 6.98. The molecule has 9 aromatic carbocycles. The second-order valence-electron chi connectivity index (χ2n) is 16.2. The van der Waals surface area contributed by atoms with Gasteiger partial charge in [-0.15, -0.1) is 0 Å². The van der Waals surface area contributed by atoms with Gasteiger partial charge >= 0.3 is 0 Å². The minimum atomic E-state index is -0.144. The Bertz CT molecular complexity index is 3450. The number of furan rings is 1. The molecule has 0 bridgehead atoms. The normalized spacial score (nSPS) is 13.1. The molecule has 0 N–H and O–H groups in total. The molecule has 3 heteroatoms. The first-order chi connectivity index (χ1) is 28.5. The minimum Gasteiger partial charge on any atom is -0.456 e. The van der Waals surface area contributed by atoms with Crippen LogP contribution in [0.4, 0.5) is 0 Å². The Morgan fingerprint density at radius 2 is 0.879 bits per heavy atom. The van der Waals surface area contributed by atoms with Gasteiger partial charge in [0.2, 0.25) is 0 Å². The Balaban J connectivity index is 0.850. The average Bonchev–Trinajstić information content (AvgIpc) is 3.77. The minimum absolute atomic E-state index is 0.144. The quantitative estimate of drug-likeness (QED) is 0.169. The molecular weight excluding hydrogens is 705 g/mol. The third kappa shape index (κ3) is 4.93. The summed E-state index contributed by atoms with van der Waals surface area (Å²) in [5, 5.41) is 6.96. The van der Waals surface area contributed by atoms with E-state index in [0.29, 0.717) is 0 Å². The fourth-order valence-electron chi connectivity index (χ4n) is 9.48. The summed E-state index contributed by atoms with van der Waals surface area (Å²) in [6, 6.07) is 63.4. The smallest absolute Gasteiger partial charge is 0.135 e. The topological polar surface area (TPSA) is 38.9 Å². The first-order valence-corrected chi connectivity index (χ1v) is 20.0. The van der Waals surface area contributed by atoms with E-state index in [0.717, 1.165) is 60.6 Å². The Morgan fingerprint density at radius 3 is 1.57 bits per heavy atom. The zero-order valence-electron chi connectivity index (χ0n) is 32.1. The predicted octanol–water partition coefficient (Wildman–Crippen LogP) is 14.8. The van der Waals surface area contributed by atoms with Crippen LogP contribution in [-0.2, 0) is 5.41 Å². The SMILES string of the molecule is CC1(C)c2cc(-c3ccc(-c4cccc(-c5cnc6c7ccccc7c7ccccc7c6n5)c4)cc3)ccc2-c2ccc(-c3ccc4oc5ccccc5c4c3)cc21. The summed E-state index contributed by atoms with van der Waals surface area (Å²) in [6.07, 6.45) is 1.92. The molecule has 0 unspecified atom stereocenters. The first-order valence-electron chi connectivity index (χ1n) is 20.0. The van der Waals surface area contributed by atoms with Gasteiger partial charge in [-0.3, -0.25) is 4.98 Å². The number of hydrogen-bond acceptors (Lipinski definition) is 3. The van der Waals surface area contributed by atoms with Gasteiger partial charge in [0.15, 0.2) is 0 Å². The zero-order chi connectivity index (χ0) is 38.5. The van der Waals surface area contributed by atoms with Gasteiger partial charge in [0.1, 0.15) is 11.2 Å². The van der Waals surface area contributed by atoms with Crippen LogP contribution in [-0.4, -0.2) is 9.97 Å². The molecular formula is C55H36N2O. The molecule has 1 aliphatic carbocycles. The summed E-state index contributed by atoms with van der Waals surface area (Å²) in [6.45, 7) is 4.72. The molecule has 272 valence electrons. The summed E-state index contributed by atoms with van der Waals surface area (Å²) >= 11 is 0. The van der Waals surface area contributed by atoms with Gasteiger partial charge in [-0.1, -0.05) is 153 Å². The van der Waals surface area contributed by atoms with Gasteiger partial charge < -0.3 is 4.42 Å². The summed E-state index contributed by atoms with van der Waals surface area (Å²) in [5.41, 5.74) is 18.0. The second kappa shape index (κ2) is 12.3. The Morgan fingerprint density at radius 1 is 0.379 bits per heavy atom. The maximum atomic E-state index is 6.12. The number of hydrogen-bond donors (Lipinski definition) is 0. The number of aromatic nitrogens is 2. The van der Waals surface area contributed by atoms with Gasteiger partial charge in [-0.05, 0) is 103 Å². The van der Waals surface area contributed by atoms with Crippen LogP contribution in [0.25, 0.3) is 110 Å². The van der Waals surface area contributed by atoms with Crippen LogP contribution in [0.15, 0.2) is 187 Å². The summed E-state index contributed by atoms with van der Waals surface area (Å²) in [4.78, 5) is 10.2. The monoisotopic (exact) mass is 740 g/mol. The van der Waals surface area contributed by atoms with Crippen molar-refractivity contribution >= 4 is 54.5 Å². The molecule has 3 nitrogen and oxygen atoms in total. The highest BCUT2D eigenvalue weighted by Gasteiger charge is 2.36. The van der Waals surface area contributed by atoms with Crippen molar-refractivity contribution in [2.24, 2.45) is 0 Å². The molecule has 0 amide bonds. The van der Waals surface area contributed by atoms with Gasteiger partial charge in [0, 0.05) is 32.5 Å². The molecule has 0 radical (unpaired) electrons. The Labute approximate surface area is 335 Å². The van der Waals surface area contributed by atoms with Crippen molar-refractivity contribution in [1.29, 1.82) is 0 Å². The number of fused-ring (bicyclic) bond motifs is 12. The molecule has 11 aromatic rings. The average molecular weight is 741 g/mol. The van der Waals surface area contributed by atoms with Crippen molar-refractivity contribution < 1.29 is 4.42 Å². The lowest BCUT2D eigenvalue weighted by atomic mass is 9.80. The summed E-state index contributed by atoms with van der Waals surface area (Å²) in [5.74, 6) is 0. The molecule has 58 heavy (non-hydrogen) atoms. The third-order valence-corrected chi connectivity index (χ3v) is 12.5. The van der Waals surface area contributed by atoms with Gasteiger partial charge in [0.25, 0.3) is 0 Å². The van der Waals surface area contributed by atoms with E-state index in [1.165, 1.54) is 60.8 Å². The van der Waals surface area contributed by atoms with E-state index in [1.807, 2.05) is 18.3 Å². The third-order valence-electron chi connectivity index (χ3n) is 12.5. The van der Waals surface area contributed by atoms with Crippen LogP contribution < -0.4 is 0 Å². The maximum Gasteiger partial charge on any atom is 0.135 e. The molecule has 0 spiro atoms. The van der Waals surface area contributed by atoms with E-state index in [4.69, 9.17) is 14.4 Å². The molecule has 0 fully saturated rings. The van der Waals surface area contributed by atoms with E-state index < -0.39 is 0 Å². The van der Waals surface area contributed by atoms with Crippen molar-refractivity contribution in [3.8, 4) is 55.8 Å². The largest absolute Gasteiger partial charge is 0.456 e. The van der Waals surface area contributed by atoms with Gasteiger partial charge in [-0.2, -0.15) is 0 Å². The van der Waals surface area contributed by atoms with E-state index in [2.05, 4.69) is 178 Å². The Hall–Kier alpha value is -7.36. The second-order valence-corrected chi connectivity index (χ2v) is 16.2. The highest BCUT2D eigenvalue weighted by molar-refractivity contribution is 6.23. The van der Waals surface area contributed by atoms with Crippen LogP contribution >= 0.6 is 0 Å². The number of benzene rings is 9. The molecule has 1 aliphatic rings. The van der Waals surface area contributed by atoms with Crippen molar-refractivity contribution in [1.82, 2.24) is 9.97 Å². The lowest BCUT2D eigenvalue weighted by molar-refractivity contribution is 0.661. The van der Waals surface area contributed by atoms with Gasteiger partial charge in [0.05, 0.1) is 22.9 Å². The van der Waals surface area contributed by atoms with Crippen molar-refractivity contribution in [2.45, 2.75) is 19.3 Å². The fourth-order valence-corrected chi connectivity index (χ4v) is 9.48. The fraction of sp³-hybridized carbons (Fsp3) is 0.0545.